The molecule has 186 valence electrons. The van der Waals surface area contributed by atoms with Crippen LogP contribution in [0.15, 0.2) is 59.6 Å². The highest BCUT2D eigenvalue weighted by molar-refractivity contribution is 8.18. The topological polar surface area (TPSA) is 80.6 Å². The molecule has 9 heteroatoms. The number of ether oxygens (including phenoxy) is 1. The van der Waals surface area contributed by atoms with E-state index in [1.54, 1.807) is 6.08 Å². The second-order valence-electron chi connectivity index (χ2n) is 8.91. The van der Waals surface area contributed by atoms with Gasteiger partial charge in [-0.15, -0.1) is 0 Å². The van der Waals surface area contributed by atoms with E-state index in [1.807, 2.05) is 35.0 Å². The summed E-state index contributed by atoms with van der Waals surface area (Å²) in [6.07, 6.45) is 7.90. The van der Waals surface area contributed by atoms with E-state index < -0.39 is 0 Å². The Kier molecular flexibility index (Phi) is 7.09. The maximum absolute atomic E-state index is 13.0. The number of thioether (sulfide) groups is 1. The lowest BCUT2D eigenvalue weighted by Gasteiger charge is -2.13. The van der Waals surface area contributed by atoms with Gasteiger partial charge in [-0.25, -0.2) is 4.39 Å². The van der Waals surface area contributed by atoms with Crippen LogP contribution in [0.2, 0.25) is 0 Å². The molecule has 1 saturated carbocycles. The first kappa shape index (κ1) is 24.1. The van der Waals surface area contributed by atoms with Crippen molar-refractivity contribution < 1.29 is 23.5 Å². The number of imide groups is 1. The Morgan fingerprint density at radius 2 is 1.86 bits per heavy atom. The molecular formula is C27H26FN3O4S. The number of nitrogens with one attached hydrogen (secondary N) is 1. The van der Waals surface area contributed by atoms with Crippen molar-refractivity contribution >= 4 is 45.8 Å². The first-order valence-electron chi connectivity index (χ1n) is 12.0. The second-order valence-corrected chi connectivity index (χ2v) is 9.91. The standard InChI is InChI=1S/C27H26FN3O4S/c28-19-9-11-21(12-10-19)35-14-13-31-26(33)24(36-27(31)34)15-18-16-30(23-8-4-3-7-22(18)23)17-25(32)29-20-5-1-2-6-20/h3-4,7-12,15-16,20H,1-2,5-6,13-14,17H2,(H,29,32)/b24-15-. The number of rotatable bonds is 8. The molecule has 0 radical (unpaired) electrons. The average Bonchev–Trinajstić information content (AvgIpc) is 3.56. The summed E-state index contributed by atoms with van der Waals surface area (Å²) in [5.41, 5.74) is 1.66. The third-order valence-electron chi connectivity index (χ3n) is 6.41. The summed E-state index contributed by atoms with van der Waals surface area (Å²) in [5, 5.41) is 3.65. The van der Waals surface area contributed by atoms with Crippen LogP contribution < -0.4 is 10.1 Å². The Morgan fingerprint density at radius 3 is 2.64 bits per heavy atom. The van der Waals surface area contributed by atoms with Gasteiger partial charge in [0.1, 0.15) is 24.7 Å². The van der Waals surface area contributed by atoms with Crippen LogP contribution in [0, 0.1) is 5.82 Å². The lowest BCUT2D eigenvalue weighted by atomic mass is 10.1. The molecule has 0 bridgehead atoms. The number of carbonyl (C=O) groups is 3. The third-order valence-corrected chi connectivity index (χ3v) is 7.32. The van der Waals surface area contributed by atoms with Gasteiger partial charge in [0, 0.05) is 28.7 Å². The van der Waals surface area contributed by atoms with Crippen LogP contribution in [-0.2, 0) is 16.1 Å². The van der Waals surface area contributed by atoms with Gasteiger partial charge in [-0.3, -0.25) is 19.3 Å². The Bertz CT molecular complexity index is 1330. The van der Waals surface area contributed by atoms with Crippen molar-refractivity contribution in [3.8, 4) is 5.75 Å². The van der Waals surface area contributed by atoms with Gasteiger partial charge >= 0.3 is 0 Å². The number of nitrogens with zero attached hydrogens (tertiary/aromatic N) is 2. The number of amides is 3. The SMILES string of the molecule is O=C(Cn1cc(/C=C2\SC(=O)N(CCOc3ccc(F)cc3)C2=O)c2ccccc21)NC1CCCC1. The zero-order valence-corrected chi connectivity index (χ0v) is 20.4. The summed E-state index contributed by atoms with van der Waals surface area (Å²) >= 11 is 0.883. The van der Waals surface area contributed by atoms with Gasteiger partial charge < -0.3 is 14.6 Å². The zero-order chi connectivity index (χ0) is 25.1. The predicted molar refractivity (Wildman–Crippen MR) is 137 cm³/mol. The highest BCUT2D eigenvalue weighted by atomic mass is 32.2. The largest absolute Gasteiger partial charge is 0.492 e. The molecule has 36 heavy (non-hydrogen) atoms. The van der Waals surface area contributed by atoms with Crippen molar-refractivity contribution in [3.63, 3.8) is 0 Å². The number of fused-ring (bicyclic) bond motifs is 1. The summed E-state index contributed by atoms with van der Waals surface area (Å²) in [5.74, 6) is -0.322. The first-order valence-corrected chi connectivity index (χ1v) is 12.8. The molecule has 1 saturated heterocycles. The van der Waals surface area contributed by atoms with Crippen LogP contribution in [0.3, 0.4) is 0 Å². The molecule has 7 nitrogen and oxygen atoms in total. The van der Waals surface area contributed by atoms with Crippen molar-refractivity contribution in [2.75, 3.05) is 13.2 Å². The van der Waals surface area contributed by atoms with Gasteiger partial charge in [0.05, 0.1) is 11.4 Å². The fourth-order valence-corrected chi connectivity index (χ4v) is 5.49. The van der Waals surface area contributed by atoms with Crippen molar-refractivity contribution in [1.82, 2.24) is 14.8 Å². The second kappa shape index (κ2) is 10.6. The minimum atomic E-state index is -0.386. The minimum Gasteiger partial charge on any atom is -0.492 e. The molecule has 2 aliphatic rings. The number of carbonyl (C=O) groups excluding carboxylic acids is 3. The fraction of sp³-hybridized carbons (Fsp3) is 0.296. The minimum absolute atomic E-state index is 0.0318. The van der Waals surface area contributed by atoms with Crippen LogP contribution in [0.25, 0.3) is 17.0 Å². The van der Waals surface area contributed by atoms with Crippen molar-refractivity contribution in [3.05, 3.63) is 71.0 Å². The average molecular weight is 508 g/mol. The van der Waals surface area contributed by atoms with Crippen LogP contribution in [0.1, 0.15) is 31.2 Å². The third kappa shape index (κ3) is 5.31. The van der Waals surface area contributed by atoms with E-state index >= 15 is 0 Å². The van der Waals surface area contributed by atoms with Crippen LogP contribution in [0.5, 0.6) is 5.75 Å². The maximum Gasteiger partial charge on any atom is 0.293 e. The monoisotopic (exact) mass is 507 g/mol. The smallest absolute Gasteiger partial charge is 0.293 e. The van der Waals surface area contributed by atoms with Gasteiger partial charge in [-0.1, -0.05) is 31.0 Å². The van der Waals surface area contributed by atoms with E-state index in [4.69, 9.17) is 4.74 Å². The predicted octanol–water partition coefficient (Wildman–Crippen LogP) is 4.95. The molecule has 2 heterocycles. The summed E-state index contributed by atoms with van der Waals surface area (Å²) in [6.45, 7) is 0.377. The Balaban J connectivity index is 1.29. The molecule has 1 aliphatic heterocycles. The van der Waals surface area contributed by atoms with Crippen LogP contribution in [-0.4, -0.2) is 45.7 Å². The molecule has 0 unspecified atom stereocenters. The Hall–Kier alpha value is -3.59. The van der Waals surface area contributed by atoms with Crippen molar-refractivity contribution in [2.24, 2.45) is 0 Å². The van der Waals surface area contributed by atoms with E-state index in [1.165, 1.54) is 24.3 Å². The van der Waals surface area contributed by atoms with Gasteiger partial charge in [-0.2, -0.15) is 0 Å². The molecule has 3 aromatic rings. The van der Waals surface area contributed by atoms with E-state index in [2.05, 4.69) is 5.32 Å². The quantitative estimate of drug-likeness (QED) is 0.436. The maximum atomic E-state index is 13.0. The van der Waals surface area contributed by atoms with Gasteiger partial charge in [0.15, 0.2) is 0 Å². The fourth-order valence-electron chi connectivity index (χ4n) is 4.64. The number of hydrogen-bond acceptors (Lipinski definition) is 5. The lowest BCUT2D eigenvalue weighted by Crippen LogP contribution is -2.35. The summed E-state index contributed by atoms with van der Waals surface area (Å²) in [6, 6.07) is 13.5. The van der Waals surface area contributed by atoms with E-state index in [0.717, 1.165) is 58.8 Å². The summed E-state index contributed by atoms with van der Waals surface area (Å²) < 4.78 is 20.5. The van der Waals surface area contributed by atoms with Gasteiger partial charge in [-0.05, 0) is 61.0 Å². The van der Waals surface area contributed by atoms with E-state index in [9.17, 15) is 18.8 Å². The molecule has 1 N–H and O–H groups in total. The van der Waals surface area contributed by atoms with Gasteiger partial charge in [0.25, 0.3) is 11.1 Å². The Morgan fingerprint density at radius 1 is 1.11 bits per heavy atom. The number of para-hydroxylation sites is 1. The van der Waals surface area contributed by atoms with Crippen molar-refractivity contribution in [2.45, 2.75) is 38.3 Å². The number of hydrogen-bond donors (Lipinski definition) is 1. The summed E-state index contributed by atoms with van der Waals surface area (Å²) in [7, 11) is 0. The molecule has 2 aromatic carbocycles. The molecule has 2 fully saturated rings. The number of aromatic nitrogens is 1. The molecule has 5 rings (SSSR count). The number of halogens is 1. The zero-order valence-electron chi connectivity index (χ0n) is 19.6. The van der Waals surface area contributed by atoms with Crippen molar-refractivity contribution in [1.29, 1.82) is 0 Å². The number of benzene rings is 2. The highest BCUT2D eigenvalue weighted by Crippen LogP contribution is 2.34. The molecular weight excluding hydrogens is 481 g/mol. The molecule has 0 spiro atoms. The lowest BCUT2D eigenvalue weighted by molar-refractivity contribution is -0.123. The molecule has 1 aromatic heterocycles. The Labute approximate surface area is 212 Å². The van der Waals surface area contributed by atoms with E-state index in [-0.39, 0.29) is 48.6 Å². The summed E-state index contributed by atoms with van der Waals surface area (Å²) in [4.78, 5) is 39.6. The van der Waals surface area contributed by atoms with Gasteiger partial charge in [0.2, 0.25) is 5.91 Å². The van der Waals surface area contributed by atoms with Crippen LogP contribution in [0.4, 0.5) is 9.18 Å². The first-order chi connectivity index (χ1) is 17.5. The highest BCUT2D eigenvalue weighted by Gasteiger charge is 2.35. The van der Waals surface area contributed by atoms with Crippen LogP contribution >= 0.6 is 11.8 Å². The van der Waals surface area contributed by atoms with E-state index in [0.29, 0.717) is 10.7 Å². The molecule has 0 atom stereocenters. The normalized spacial score (nSPS) is 17.5. The molecule has 3 amide bonds. The molecule has 1 aliphatic carbocycles.